The van der Waals surface area contributed by atoms with Gasteiger partial charge < -0.3 is 16.0 Å². The Morgan fingerprint density at radius 1 is 1.21 bits per heavy atom. The van der Waals surface area contributed by atoms with Gasteiger partial charge in [0.2, 0.25) is 5.91 Å². The zero-order valence-corrected chi connectivity index (χ0v) is 11.2. The van der Waals surface area contributed by atoms with E-state index in [2.05, 4.69) is 16.0 Å². The van der Waals surface area contributed by atoms with E-state index in [1.54, 1.807) is 24.3 Å². The second-order valence-electron chi connectivity index (χ2n) is 4.46. The number of urea groups is 1. The number of hydrogen-bond acceptors (Lipinski definition) is 2. The van der Waals surface area contributed by atoms with E-state index in [-0.39, 0.29) is 17.9 Å². The molecular weight excluding hydrogens is 266 g/mol. The Labute approximate surface area is 116 Å². The number of hydrogen-bond donors (Lipinski definition) is 3. The Hall–Kier alpha value is -1.75. The Morgan fingerprint density at radius 3 is 2.63 bits per heavy atom. The van der Waals surface area contributed by atoms with Gasteiger partial charge in [-0.2, -0.15) is 0 Å². The second kappa shape index (κ2) is 6.43. The minimum absolute atomic E-state index is 0.0806. The van der Waals surface area contributed by atoms with Crippen molar-refractivity contribution in [1.82, 2.24) is 10.6 Å². The van der Waals surface area contributed by atoms with Crippen LogP contribution < -0.4 is 16.0 Å². The van der Waals surface area contributed by atoms with Crippen LogP contribution >= 0.6 is 11.6 Å². The summed E-state index contributed by atoms with van der Waals surface area (Å²) in [5, 5.41) is 8.65. The van der Waals surface area contributed by atoms with Gasteiger partial charge in [0.25, 0.3) is 0 Å². The molecule has 0 unspecified atom stereocenters. The first-order valence-corrected chi connectivity index (χ1v) is 6.61. The quantitative estimate of drug-likeness (QED) is 0.723. The molecule has 2 rings (SSSR count). The third-order valence-corrected chi connectivity index (χ3v) is 2.98. The van der Waals surface area contributed by atoms with E-state index in [0.717, 1.165) is 12.8 Å². The van der Waals surface area contributed by atoms with Crippen molar-refractivity contribution in [3.63, 3.8) is 0 Å². The smallest absolute Gasteiger partial charge is 0.319 e. The summed E-state index contributed by atoms with van der Waals surface area (Å²) in [7, 11) is 0. The zero-order chi connectivity index (χ0) is 13.7. The first-order chi connectivity index (χ1) is 9.15. The van der Waals surface area contributed by atoms with Crippen LogP contribution in [0.1, 0.15) is 12.8 Å². The number of carbonyl (C=O) groups excluding carboxylic acids is 2. The van der Waals surface area contributed by atoms with Gasteiger partial charge in [0.15, 0.2) is 0 Å². The topological polar surface area (TPSA) is 70.2 Å². The van der Waals surface area contributed by atoms with E-state index in [0.29, 0.717) is 23.8 Å². The molecular formula is C13H16ClN3O2. The Bertz CT molecular complexity index is 475. The molecule has 0 atom stereocenters. The molecule has 1 fully saturated rings. The Morgan fingerprint density at radius 2 is 1.95 bits per heavy atom. The van der Waals surface area contributed by atoms with Crippen LogP contribution in [0.3, 0.4) is 0 Å². The van der Waals surface area contributed by atoms with Crippen LogP contribution in [0.2, 0.25) is 5.02 Å². The molecule has 0 bridgehead atoms. The summed E-state index contributed by atoms with van der Waals surface area (Å²) in [4.78, 5) is 22.9. The number of anilines is 1. The van der Waals surface area contributed by atoms with Crippen LogP contribution in [0.4, 0.5) is 10.5 Å². The minimum Gasteiger partial charge on any atom is -0.354 e. The molecule has 0 heterocycles. The molecule has 102 valence electrons. The minimum atomic E-state index is -0.317. The molecule has 1 aliphatic carbocycles. The molecule has 3 N–H and O–H groups in total. The third-order valence-electron chi connectivity index (χ3n) is 2.74. The lowest BCUT2D eigenvalue weighted by Gasteiger charge is -2.08. The van der Waals surface area contributed by atoms with Gasteiger partial charge in [-0.3, -0.25) is 4.79 Å². The van der Waals surface area contributed by atoms with Gasteiger partial charge in [0, 0.05) is 29.7 Å². The normalized spacial score (nSPS) is 13.7. The summed E-state index contributed by atoms with van der Waals surface area (Å²) < 4.78 is 0. The van der Waals surface area contributed by atoms with Crippen molar-refractivity contribution < 1.29 is 9.59 Å². The molecule has 0 saturated heterocycles. The maximum Gasteiger partial charge on any atom is 0.319 e. The molecule has 1 saturated carbocycles. The third kappa shape index (κ3) is 4.79. The highest BCUT2D eigenvalue weighted by Gasteiger charge is 2.28. The number of benzene rings is 1. The maximum absolute atomic E-state index is 11.5. The first kappa shape index (κ1) is 13.7. The summed E-state index contributed by atoms with van der Waals surface area (Å²) in [6.07, 6.45) is 1.96. The first-order valence-electron chi connectivity index (χ1n) is 6.23. The molecule has 0 spiro atoms. The highest BCUT2D eigenvalue weighted by atomic mass is 35.5. The number of halogens is 1. The Balaban J connectivity index is 1.62. The molecule has 5 nitrogen and oxygen atoms in total. The summed E-state index contributed by atoms with van der Waals surface area (Å²) in [5.41, 5.74) is 0.631. The van der Waals surface area contributed by atoms with Crippen LogP contribution in [-0.2, 0) is 4.79 Å². The van der Waals surface area contributed by atoms with E-state index in [1.807, 2.05) is 0 Å². The van der Waals surface area contributed by atoms with Gasteiger partial charge in [-0.25, -0.2) is 4.79 Å². The van der Waals surface area contributed by atoms with E-state index in [4.69, 9.17) is 11.6 Å². The van der Waals surface area contributed by atoms with Crippen molar-refractivity contribution in [1.29, 1.82) is 0 Å². The van der Waals surface area contributed by atoms with Crippen molar-refractivity contribution >= 4 is 29.2 Å². The predicted octanol–water partition coefficient (Wildman–Crippen LogP) is 1.99. The van der Waals surface area contributed by atoms with Gasteiger partial charge in [-0.15, -0.1) is 0 Å². The van der Waals surface area contributed by atoms with Crippen LogP contribution in [0.15, 0.2) is 24.3 Å². The van der Waals surface area contributed by atoms with Crippen molar-refractivity contribution in [3.05, 3.63) is 29.3 Å². The van der Waals surface area contributed by atoms with Crippen molar-refractivity contribution in [2.75, 3.05) is 18.4 Å². The molecule has 0 aliphatic heterocycles. The van der Waals surface area contributed by atoms with Gasteiger partial charge in [-0.1, -0.05) is 17.7 Å². The fourth-order valence-corrected chi connectivity index (χ4v) is 1.78. The molecule has 1 aromatic rings. The van der Waals surface area contributed by atoms with Crippen molar-refractivity contribution in [2.45, 2.75) is 12.8 Å². The van der Waals surface area contributed by atoms with Gasteiger partial charge in [0.05, 0.1) is 0 Å². The number of carbonyl (C=O) groups is 2. The van der Waals surface area contributed by atoms with Gasteiger partial charge >= 0.3 is 6.03 Å². The van der Waals surface area contributed by atoms with E-state index >= 15 is 0 Å². The van der Waals surface area contributed by atoms with E-state index in [1.165, 1.54) is 0 Å². The molecule has 0 aromatic heterocycles. The van der Waals surface area contributed by atoms with Crippen molar-refractivity contribution in [3.8, 4) is 0 Å². The molecule has 0 radical (unpaired) electrons. The average Bonchev–Trinajstić information content (AvgIpc) is 3.18. The summed E-state index contributed by atoms with van der Waals surface area (Å²) in [6.45, 7) is 0.836. The molecule has 19 heavy (non-hydrogen) atoms. The summed E-state index contributed by atoms with van der Waals surface area (Å²) in [6, 6.07) is 6.59. The lowest BCUT2D eigenvalue weighted by molar-refractivity contribution is -0.122. The highest BCUT2D eigenvalue weighted by Crippen LogP contribution is 2.28. The summed E-state index contributed by atoms with van der Waals surface area (Å²) >= 11 is 5.81. The monoisotopic (exact) mass is 281 g/mol. The fourth-order valence-electron chi connectivity index (χ4n) is 1.59. The molecule has 3 amide bonds. The van der Waals surface area contributed by atoms with E-state index in [9.17, 15) is 9.59 Å². The SMILES string of the molecule is O=C(NCCNC(=O)C1CC1)Nc1cccc(Cl)c1. The lowest BCUT2D eigenvalue weighted by atomic mass is 10.3. The zero-order valence-electron chi connectivity index (χ0n) is 10.4. The standard InChI is InChI=1S/C13H16ClN3O2/c14-10-2-1-3-11(8-10)17-13(19)16-7-6-15-12(18)9-4-5-9/h1-3,8-9H,4-7H2,(H,15,18)(H2,16,17,19). The molecule has 6 heteroatoms. The second-order valence-corrected chi connectivity index (χ2v) is 4.89. The predicted molar refractivity (Wildman–Crippen MR) is 74.2 cm³/mol. The van der Waals surface area contributed by atoms with Crippen LogP contribution in [-0.4, -0.2) is 25.0 Å². The van der Waals surface area contributed by atoms with Crippen LogP contribution in [0, 0.1) is 5.92 Å². The van der Waals surface area contributed by atoms with Crippen LogP contribution in [0.25, 0.3) is 0 Å². The molecule has 1 aliphatic rings. The Kier molecular flexibility index (Phi) is 4.63. The average molecular weight is 282 g/mol. The van der Waals surface area contributed by atoms with E-state index < -0.39 is 0 Å². The maximum atomic E-state index is 11.5. The molecule has 1 aromatic carbocycles. The lowest BCUT2D eigenvalue weighted by Crippen LogP contribution is -2.37. The highest BCUT2D eigenvalue weighted by molar-refractivity contribution is 6.30. The number of amides is 3. The number of rotatable bonds is 5. The van der Waals surface area contributed by atoms with Crippen molar-refractivity contribution in [2.24, 2.45) is 5.92 Å². The largest absolute Gasteiger partial charge is 0.354 e. The van der Waals surface area contributed by atoms with Gasteiger partial charge in [0.1, 0.15) is 0 Å². The van der Waals surface area contributed by atoms with Gasteiger partial charge in [-0.05, 0) is 31.0 Å². The fraction of sp³-hybridized carbons (Fsp3) is 0.385. The van der Waals surface area contributed by atoms with Crippen LogP contribution in [0.5, 0.6) is 0 Å². The number of nitrogens with one attached hydrogen (secondary N) is 3. The summed E-state index contributed by atoms with van der Waals surface area (Å²) in [5.74, 6) is 0.275.